The van der Waals surface area contributed by atoms with Gasteiger partial charge in [-0.2, -0.15) is 5.10 Å². The Bertz CT molecular complexity index is 746. The summed E-state index contributed by atoms with van der Waals surface area (Å²) in [6.45, 7) is 2.63. The lowest BCUT2D eigenvalue weighted by Crippen LogP contribution is -2.31. The zero-order chi connectivity index (χ0) is 17.3. The van der Waals surface area contributed by atoms with E-state index in [-0.39, 0.29) is 24.8 Å². The van der Waals surface area contributed by atoms with E-state index in [1.807, 2.05) is 13.0 Å². The van der Waals surface area contributed by atoms with Crippen LogP contribution in [0.15, 0.2) is 24.3 Å². The number of likely N-dealkylation sites (tertiary alicyclic amines) is 1. The minimum Gasteiger partial charge on any atom is -0.505 e. The minimum absolute atomic E-state index is 0.0398. The normalized spacial score (nSPS) is 20.5. The number of H-pyrrole nitrogens is 1. The first-order valence-corrected chi connectivity index (χ1v) is 7.86. The van der Waals surface area contributed by atoms with Crippen LogP contribution in [0.1, 0.15) is 17.0 Å². The Labute approximate surface area is 138 Å². The van der Waals surface area contributed by atoms with Crippen molar-refractivity contribution in [3.8, 4) is 5.75 Å². The van der Waals surface area contributed by atoms with Gasteiger partial charge in [0.1, 0.15) is 0 Å². The van der Waals surface area contributed by atoms with Gasteiger partial charge in [-0.15, -0.1) is 0 Å². The highest BCUT2D eigenvalue weighted by atomic mass is 19.1. The van der Waals surface area contributed by atoms with Gasteiger partial charge in [0.2, 0.25) is 5.91 Å². The molecule has 1 fully saturated rings. The summed E-state index contributed by atoms with van der Waals surface area (Å²) in [5.74, 6) is -1.40. The summed E-state index contributed by atoms with van der Waals surface area (Å²) in [5.41, 5.74) is 2.32. The lowest BCUT2D eigenvalue weighted by molar-refractivity contribution is -0.129. The maximum atomic E-state index is 13.4. The molecule has 0 unspecified atom stereocenters. The number of rotatable bonds is 4. The van der Waals surface area contributed by atoms with Crippen LogP contribution in [0.25, 0.3) is 0 Å². The first-order valence-electron chi connectivity index (χ1n) is 7.86. The van der Waals surface area contributed by atoms with Gasteiger partial charge < -0.3 is 15.1 Å². The number of hydrogen-bond donors (Lipinski definition) is 3. The standard InChI is InChI=1S/C17H20FN3O3/c1-10-4-13(20-19-10)7-12-8-21(9-16(12)23)17(24)6-11-2-3-15(22)14(18)5-11/h2-5,12,16,22-23H,6-9H2,1H3,(H,19,20)/t12-,16+/m1/s1. The van der Waals surface area contributed by atoms with Gasteiger partial charge in [-0.05, 0) is 37.1 Å². The third kappa shape index (κ3) is 3.56. The van der Waals surface area contributed by atoms with Crippen LogP contribution in [0.5, 0.6) is 5.75 Å². The molecule has 3 N–H and O–H groups in total. The number of aromatic nitrogens is 2. The smallest absolute Gasteiger partial charge is 0.227 e. The predicted molar refractivity (Wildman–Crippen MR) is 84.9 cm³/mol. The Hall–Kier alpha value is -2.41. The molecule has 2 aromatic rings. The molecule has 3 rings (SSSR count). The number of benzene rings is 1. The highest BCUT2D eigenvalue weighted by Gasteiger charge is 2.34. The molecular formula is C17H20FN3O3. The van der Waals surface area contributed by atoms with Crippen molar-refractivity contribution >= 4 is 5.91 Å². The molecule has 1 amide bonds. The number of nitrogens with zero attached hydrogens (tertiary/aromatic N) is 2. The van der Waals surface area contributed by atoms with E-state index in [1.54, 1.807) is 4.90 Å². The van der Waals surface area contributed by atoms with Crippen LogP contribution in [-0.4, -0.2) is 50.4 Å². The third-order valence-corrected chi connectivity index (χ3v) is 4.36. The molecule has 0 spiro atoms. The van der Waals surface area contributed by atoms with Crippen molar-refractivity contribution in [2.45, 2.75) is 25.9 Å². The van der Waals surface area contributed by atoms with Crippen molar-refractivity contribution in [2.24, 2.45) is 5.92 Å². The fourth-order valence-corrected chi connectivity index (χ4v) is 3.05. The van der Waals surface area contributed by atoms with Gasteiger partial charge >= 0.3 is 0 Å². The molecule has 6 nitrogen and oxygen atoms in total. The number of aliphatic hydroxyl groups excluding tert-OH is 1. The number of aliphatic hydroxyl groups is 1. The van der Waals surface area contributed by atoms with Gasteiger partial charge in [0.15, 0.2) is 11.6 Å². The molecular weight excluding hydrogens is 313 g/mol. The first kappa shape index (κ1) is 16.4. The molecule has 24 heavy (non-hydrogen) atoms. The van der Waals surface area contributed by atoms with Gasteiger partial charge in [-0.3, -0.25) is 9.89 Å². The molecule has 0 aliphatic carbocycles. The fraction of sp³-hybridized carbons (Fsp3) is 0.412. The monoisotopic (exact) mass is 333 g/mol. The van der Waals surface area contributed by atoms with E-state index in [1.165, 1.54) is 12.1 Å². The van der Waals surface area contributed by atoms with Crippen LogP contribution in [0.4, 0.5) is 4.39 Å². The zero-order valence-corrected chi connectivity index (χ0v) is 13.4. The van der Waals surface area contributed by atoms with E-state index in [2.05, 4.69) is 10.2 Å². The second-order valence-electron chi connectivity index (χ2n) is 6.34. The fourth-order valence-electron chi connectivity index (χ4n) is 3.05. The van der Waals surface area contributed by atoms with Crippen molar-refractivity contribution in [3.63, 3.8) is 0 Å². The van der Waals surface area contributed by atoms with E-state index in [4.69, 9.17) is 0 Å². The number of β-amino-alcohol motifs (C(OH)–C–C–N with tert-alkyl or cyclic N) is 1. The van der Waals surface area contributed by atoms with Crippen molar-refractivity contribution in [3.05, 3.63) is 47.0 Å². The summed E-state index contributed by atoms with van der Waals surface area (Å²) in [5, 5.41) is 26.4. The van der Waals surface area contributed by atoms with E-state index >= 15 is 0 Å². The van der Waals surface area contributed by atoms with E-state index in [0.29, 0.717) is 18.5 Å². The van der Waals surface area contributed by atoms with Gasteiger partial charge in [0, 0.05) is 24.7 Å². The van der Waals surface area contributed by atoms with Crippen LogP contribution in [-0.2, 0) is 17.6 Å². The average molecular weight is 333 g/mol. The number of phenolic OH excluding ortho intramolecular Hbond substituents is 1. The quantitative estimate of drug-likeness (QED) is 0.783. The maximum Gasteiger partial charge on any atom is 0.227 e. The number of aromatic amines is 1. The summed E-state index contributed by atoms with van der Waals surface area (Å²) in [4.78, 5) is 14.0. The van der Waals surface area contributed by atoms with Gasteiger partial charge in [0.25, 0.3) is 0 Å². The molecule has 1 saturated heterocycles. The van der Waals surface area contributed by atoms with Crippen LogP contribution in [0.2, 0.25) is 0 Å². The Kier molecular flexibility index (Phi) is 4.53. The highest BCUT2D eigenvalue weighted by molar-refractivity contribution is 5.79. The van der Waals surface area contributed by atoms with Crippen LogP contribution in [0, 0.1) is 18.7 Å². The maximum absolute atomic E-state index is 13.4. The lowest BCUT2D eigenvalue weighted by atomic mass is 10.0. The van der Waals surface area contributed by atoms with Crippen LogP contribution in [0.3, 0.4) is 0 Å². The molecule has 2 heterocycles. The SMILES string of the molecule is Cc1cc(C[C@@H]2CN(C(=O)Cc3ccc(O)c(F)c3)C[C@@H]2O)n[nH]1. The molecule has 1 aliphatic rings. The van der Waals surface area contributed by atoms with Gasteiger partial charge in [-0.25, -0.2) is 4.39 Å². The number of phenols is 1. The van der Waals surface area contributed by atoms with Gasteiger partial charge in [-0.1, -0.05) is 6.07 Å². The van der Waals surface area contributed by atoms with E-state index in [0.717, 1.165) is 17.5 Å². The van der Waals surface area contributed by atoms with Crippen LogP contribution < -0.4 is 0 Å². The molecule has 7 heteroatoms. The summed E-state index contributed by atoms with van der Waals surface area (Å²) < 4.78 is 13.4. The summed E-state index contributed by atoms with van der Waals surface area (Å²) in [6, 6.07) is 5.84. The Morgan fingerprint density at radius 2 is 2.21 bits per heavy atom. The number of carbonyl (C=O) groups excluding carboxylic acids is 1. The average Bonchev–Trinajstić information content (AvgIpc) is 3.10. The topological polar surface area (TPSA) is 89.5 Å². The number of halogens is 1. The summed E-state index contributed by atoms with van der Waals surface area (Å²) in [6.07, 6.45) is 0.0453. The number of amides is 1. The molecule has 128 valence electrons. The number of hydrogen-bond acceptors (Lipinski definition) is 4. The Balaban J connectivity index is 1.60. The summed E-state index contributed by atoms with van der Waals surface area (Å²) in [7, 11) is 0. The molecule has 0 radical (unpaired) electrons. The highest BCUT2D eigenvalue weighted by Crippen LogP contribution is 2.23. The Morgan fingerprint density at radius 3 is 2.88 bits per heavy atom. The number of aromatic hydroxyl groups is 1. The van der Waals surface area contributed by atoms with Crippen molar-refractivity contribution in [2.75, 3.05) is 13.1 Å². The number of nitrogens with one attached hydrogen (secondary N) is 1. The van der Waals surface area contributed by atoms with Crippen molar-refractivity contribution in [1.82, 2.24) is 15.1 Å². The zero-order valence-electron chi connectivity index (χ0n) is 13.4. The molecule has 1 aromatic carbocycles. The van der Waals surface area contributed by atoms with Crippen molar-refractivity contribution < 1.29 is 19.4 Å². The number of aryl methyl sites for hydroxylation is 1. The first-order chi connectivity index (χ1) is 11.4. The molecule has 0 saturated carbocycles. The predicted octanol–water partition coefficient (Wildman–Crippen LogP) is 1.17. The molecule has 1 aliphatic heterocycles. The van der Waals surface area contributed by atoms with E-state index < -0.39 is 17.7 Å². The molecule has 0 bridgehead atoms. The van der Waals surface area contributed by atoms with E-state index in [9.17, 15) is 19.4 Å². The second kappa shape index (κ2) is 6.60. The number of carbonyl (C=O) groups is 1. The lowest BCUT2D eigenvalue weighted by Gasteiger charge is -2.16. The minimum atomic E-state index is -0.742. The van der Waals surface area contributed by atoms with Crippen LogP contribution >= 0.6 is 0 Å². The second-order valence-corrected chi connectivity index (χ2v) is 6.34. The molecule has 1 aromatic heterocycles. The third-order valence-electron chi connectivity index (χ3n) is 4.36. The summed E-state index contributed by atoms with van der Waals surface area (Å²) >= 11 is 0. The Morgan fingerprint density at radius 1 is 1.42 bits per heavy atom. The largest absolute Gasteiger partial charge is 0.505 e. The van der Waals surface area contributed by atoms with Gasteiger partial charge in [0.05, 0.1) is 18.2 Å². The van der Waals surface area contributed by atoms with Crippen molar-refractivity contribution in [1.29, 1.82) is 0 Å². The molecule has 2 atom stereocenters.